The summed E-state index contributed by atoms with van der Waals surface area (Å²) in [6, 6.07) is 0.401. The minimum absolute atomic E-state index is 0.143. The first kappa shape index (κ1) is 16.1. The van der Waals surface area contributed by atoms with Gasteiger partial charge in [0.05, 0.1) is 13.0 Å². The average molecular weight is 280 g/mol. The van der Waals surface area contributed by atoms with Crippen molar-refractivity contribution in [3.8, 4) is 0 Å². The minimum atomic E-state index is -4.13. The molecule has 0 aromatic heterocycles. The van der Waals surface area contributed by atoms with Crippen LogP contribution in [-0.4, -0.2) is 56.3 Å². The Bertz CT molecular complexity index is 291. The molecule has 1 unspecified atom stereocenters. The molecule has 0 saturated carbocycles. The van der Waals surface area contributed by atoms with Gasteiger partial charge in [0.2, 0.25) is 0 Å². The topological polar surface area (TPSA) is 39.7 Å². The van der Waals surface area contributed by atoms with Crippen molar-refractivity contribution in [3.63, 3.8) is 0 Å². The number of rotatable bonds is 5. The van der Waals surface area contributed by atoms with Gasteiger partial charge in [0, 0.05) is 19.1 Å². The second-order valence-corrected chi connectivity index (χ2v) is 4.79. The monoisotopic (exact) mass is 280 g/mol. The molecule has 2 N–H and O–H groups in total. The lowest BCUT2D eigenvalue weighted by Crippen LogP contribution is -2.40. The zero-order valence-electron chi connectivity index (χ0n) is 11.6. The molecule has 0 amide bonds. The van der Waals surface area contributed by atoms with E-state index in [2.05, 4.69) is 27.6 Å². The fourth-order valence-electron chi connectivity index (χ4n) is 2.07. The van der Waals surface area contributed by atoms with E-state index in [0.29, 0.717) is 25.1 Å². The van der Waals surface area contributed by atoms with E-state index in [0.717, 1.165) is 19.4 Å². The molecule has 1 atom stereocenters. The van der Waals surface area contributed by atoms with Crippen LogP contribution in [0.2, 0.25) is 0 Å². The Balaban J connectivity index is 2.37. The van der Waals surface area contributed by atoms with Gasteiger partial charge in [-0.3, -0.25) is 4.99 Å². The van der Waals surface area contributed by atoms with Crippen molar-refractivity contribution in [2.24, 2.45) is 4.99 Å². The highest BCUT2D eigenvalue weighted by Gasteiger charge is 2.26. The van der Waals surface area contributed by atoms with Crippen molar-refractivity contribution in [2.45, 2.75) is 38.4 Å². The number of likely N-dealkylation sites (N-methyl/N-ethyl adjacent to an activating group) is 1. The SMILES string of the molecule is CCNC(=NCC1CCCN1C)NCCC(F)(F)F. The second-order valence-electron chi connectivity index (χ2n) is 4.79. The Morgan fingerprint density at radius 1 is 1.37 bits per heavy atom. The normalized spacial score (nSPS) is 21.7. The zero-order chi connectivity index (χ0) is 14.3. The van der Waals surface area contributed by atoms with Crippen LogP contribution in [0.3, 0.4) is 0 Å². The van der Waals surface area contributed by atoms with Crippen LogP contribution in [0.15, 0.2) is 4.99 Å². The molecule has 112 valence electrons. The first-order valence-corrected chi connectivity index (χ1v) is 6.71. The Hall–Kier alpha value is -0.980. The van der Waals surface area contributed by atoms with Gasteiger partial charge in [0.25, 0.3) is 0 Å². The molecule has 1 fully saturated rings. The average Bonchev–Trinajstić information content (AvgIpc) is 2.70. The summed E-state index contributed by atoms with van der Waals surface area (Å²) in [5.41, 5.74) is 0. The van der Waals surface area contributed by atoms with E-state index in [4.69, 9.17) is 0 Å². The van der Waals surface area contributed by atoms with Crippen LogP contribution >= 0.6 is 0 Å². The van der Waals surface area contributed by atoms with Crippen LogP contribution < -0.4 is 10.6 Å². The lowest BCUT2D eigenvalue weighted by molar-refractivity contribution is -0.132. The lowest BCUT2D eigenvalue weighted by atomic mass is 10.2. The third kappa shape index (κ3) is 6.66. The molecule has 0 aromatic rings. The van der Waals surface area contributed by atoms with E-state index in [-0.39, 0.29) is 6.54 Å². The lowest BCUT2D eigenvalue weighted by Gasteiger charge is -2.18. The fourth-order valence-corrected chi connectivity index (χ4v) is 2.07. The molecule has 4 nitrogen and oxygen atoms in total. The van der Waals surface area contributed by atoms with E-state index in [1.807, 2.05) is 6.92 Å². The molecule has 0 radical (unpaired) electrons. The van der Waals surface area contributed by atoms with Crippen LogP contribution in [-0.2, 0) is 0 Å². The predicted molar refractivity (Wildman–Crippen MR) is 70.3 cm³/mol. The van der Waals surface area contributed by atoms with Crippen molar-refractivity contribution < 1.29 is 13.2 Å². The second kappa shape index (κ2) is 7.57. The molecule has 1 saturated heterocycles. The largest absolute Gasteiger partial charge is 0.390 e. The van der Waals surface area contributed by atoms with Crippen molar-refractivity contribution in [1.29, 1.82) is 0 Å². The van der Waals surface area contributed by atoms with Gasteiger partial charge in [-0.25, -0.2) is 0 Å². The van der Waals surface area contributed by atoms with Crippen LogP contribution in [0.25, 0.3) is 0 Å². The number of guanidine groups is 1. The van der Waals surface area contributed by atoms with Crippen LogP contribution in [0, 0.1) is 0 Å². The highest BCUT2D eigenvalue weighted by atomic mass is 19.4. The number of nitrogens with one attached hydrogen (secondary N) is 2. The number of halogens is 3. The molecule has 19 heavy (non-hydrogen) atoms. The maximum absolute atomic E-state index is 12.1. The van der Waals surface area contributed by atoms with E-state index in [1.165, 1.54) is 0 Å². The molecular formula is C12H23F3N4. The standard InChI is InChI=1S/C12H23F3N4/c1-3-16-11(17-7-6-12(13,14)15)18-9-10-5-4-8-19(10)2/h10H,3-9H2,1-2H3,(H2,16,17,18). The smallest absolute Gasteiger partial charge is 0.357 e. The van der Waals surface area contributed by atoms with Gasteiger partial charge >= 0.3 is 6.18 Å². The van der Waals surface area contributed by atoms with Crippen molar-refractivity contribution in [1.82, 2.24) is 15.5 Å². The van der Waals surface area contributed by atoms with Crippen molar-refractivity contribution in [3.05, 3.63) is 0 Å². The molecule has 0 aromatic carbocycles. The van der Waals surface area contributed by atoms with E-state index in [9.17, 15) is 13.2 Å². The van der Waals surface area contributed by atoms with Crippen molar-refractivity contribution in [2.75, 3.05) is 33.2 Å². The molecule has 1 aliphatic rings. The molecule has 1 heterocycles. The predicted octanol–water partition coefficient (Wildman–Crippen LogP) is 1.59. The van der Waals surface area contributed by atoms with Crippen LogP contribution in [0.4, 0.5) is 13.2 Å². The summed E-state index contributed by atoms with van der Waals surface area (Å²) in [5, 5.41) is 5.68. The number of hydrogen-bond donors (Lipinski definition) is 2. The molecule has 7 heteroatoms. The zero-order valence-corrected chi connectivity index (χ0v) is 11.6. The van der Waals surface area contributed by atoms with Crippen LogP contribution in [0.5, 0.6) is 0 Å². The molecule has 1 aliphatic heterocycles. The quantitative estimate of drug-likeness (QED) is 0.593. The summed E-state index contributed by atoms with van der Waals surface area (Å²) < 4.78 is 36.2. The number of likely N-dealkylation sites (tertiary alicyclic amines) is 1. The minimum Gasteiger partial charge on any atom is -0.357 e. The first-order valence-electron chi connectivity index (χ1n) is 6.71. The number of alkyl halides is 3. The highest BCUT2D eigenvalue weighted by molar-refractivity contribution is 5.79. The maximum atomic E-state index is 12.1. The van der Waals surface area contributed by atoms with Gasteiger partial charge < -0.3 is 15.5 Å². The Labute approximate surface area is 112 Å². The number of nitrogens with zero attached hydrogens (tertiary/aromatic N) is 2. The number of hydrogen-bond acceptors (Lipinski definition) is 2. The Kier molecular flexibility index (Phi) is 6.41. The van der Waals surface area contributed by atoms with Gasteiger partial charge in [-0.15, -0.1) is 0 Å². The fraction of sp³-hybridized carbons (Fsp3) is 0.917. The van der Waals surface area contributed by atoms with Gasteiger partial charge in [-0.1, -0.05) is 0 Å². The third-order valence-corrected chi connectivity index (χ3v) is 3.18. The Morgan fingerprint density at radius 2 is 2.11 bits per heavy atom. The molecular weight excluding hydrogens is 257 g/mol. The summed E-state index contributed by atoms with van der Waals surface area (Å²) in [7, 11) is 2.05. The number of aliphatic imine (C=N–C) groups is 1. The van der Waals surface area contributed by atoms with Crippen molar-refractivity contribution >= 4 is 5.96 Å². The van der Waals surface area contributed by atoms with Gasteiger partial charge in [0.1, 0.15) is 0 Å². The third-order valence-electron chi connectivity index (χ3n) is 3.18. The Morgan fingerprint density at radius 3 is 2.63 bits per heavy atom. The first-order chi connectivity index (χ1) is 8.92. The van der Waals surface area contributed by atoms with Gasteiger partial charge in [-0.05, 0) is 33.4 Å². The van der Waals surface area contributed by atoms with E-state index < -0.39 is 12.6 Å². The summed E-state index contributed by atoms with van der Waals surface area (Å²) in [5.74, 6) is 0.465. The molecule has 1 rings (SSSR count). The van der Waals surface area contributed by atoms with E-state index in [1.54, 1.807) is 0 Å². The van der Waals surface area contributed by atoms with E-state index >= 15 is 0 Å². The molecule has 0 aliphatic carbocycles. The summed E-state index contributed by atoms with van der Waals surface area (Å²) >= 11 is 0. The summed E-state index contributed by atoms with van der Waals surface area (Å²) in [6.45, 7) is 4.08. The van der Waals surface area contributed by atoms with Gasteiger partial charge in [0.15, 0.2) is 5.96 Å². The highest BCUT2D eigenvalue weighted by Crippen LogP contribution is 2.18. The molecule has 0 spiro atoms. The van der Waals surface area contributed by atoms with Crippen LogP contribution in [0.1, 0.15) is 26.2 Å². The summed E-state index contributed by atoms with van der Waals surface area (Å²) in [4.78, 5) is 6.59. The van der Waals surface area contributed by atoms with Gasteiger partial charge in [-0.2, -0.15) is 13.2 Å². The maximum Gasteiger partial charge on any atom is 0.390 e. The summed E-state index contributed by atoms with van der Waals surface area (Å²) in [6.07, 6.45) is -2.71. The molecule has 0 bridgehead atoms.